The van der Waals surface area contributed by atoms with Crippen LogP contribution in [0.15, 0.2) is 11.8 Å². The fourth-order valence-electron chi connectivity index (χ4n) is 1.76. The Morgan fingerprint density at radius 1 is 1.45 bits per heavy atom. The van der Waals surface area contributed by atoms with Crippen LogP contribution in [0, 0.1) is 0 Å². The maximum Gasteiger partial charge on any atom is 0.322 e. The lowest BCUT2D eigenvalue weighted by Gasteiger charge is -2.29. The maximum atomic E-state index is 11.6. The molecule has 2 amide bonds. The van der Waals surface area contributed by atoms with Crippen LogP contribution in [0.4, 0.5) is 4.79 Å². The number of hydrogen-bond acceptors (Lipinski definition) is 7. The second-order valence-corrected chi connectivity index (χ2v) is 4.02. The summed E-state index contributed by atoms with van der Waals surface area (Å²) in [6, 6.07) is -1.50. The van der Waals surface area contributed by atoms with Gasteiger partial charge in [-0.3, -0.25) is 14.5 Å². The van der Waals surface area contributed by atoms with E-state index in [1.807, 2.05) is 0 Å². The summed E-state index contributed by atoms with van der Waals surface area (Å²) >= 11 is 0. The van der Waals surface area contributed by atoms with Gasteiger partial charge in [0.25, 0.3) is 0 Å². The molecule has 0 bridgehead atoms. The molecule has 1 heterocycles. The van der Waals surface area contributed by atoms with Gasteiger partial charge in [0, 0.05) is 12.7 Å². The van der Waals surface area contributed by atoms with Crippen molar-refractivity contribution < 1.29 is 34.4 Å². The molecule has 9 nitrogen and oxygen atoms in total. The Balaban J connectivity index is 2.74. The molecule has 1 fully saturated rings. The van der Waals surface area contributed by atoms with Crippen molar-refractivity contribution in [2.75, 3.05) is 13.2 Å². The van der Waals surface area contributed by atoms with Crippen molar-refractivity contribution in [3.05, 3.63) is 11.8 Å². The Bertz CT molecular complexity index is 398. The molecule has 1 rings (SSSR count). The van der Waals surface area contributed by atoms with E-state index in [9.17, 15) is 24.6 Å². The smallest absolute Gasteiger partial charge is 0.322 e. The quantitative estimate of drug-likeness (QED) is 0.224. The number of aliphatic hydroxyl groups is 3. The molecule has 0 aliphatic carbocycles. The van der Waals surface area contributed by atoms with E-state index in [-0.39, 0.29) is 25.4 Å². The molecular weight excluding hydrogens is 272 g/mol. The van der Waals surface area contributed by atoms with Crippen molar-refractivity contribution in [3.8, 4) is 0 Å². The number of carbonyl (C=O) groups excluding carboxylic acids is 3. The van der Waals surface area contributed by atoms with E-state index in [0.29, 0.717) is 12.6 Å². The van der Waals surface area contributed by atoms with Crippen LogP contribution < -0.4 is 5.32 Å². The molecule has 0 saturated carbocycles. The van der Waals surface area contributed by atoms with Gasteiger partial charge in [0.1, 0.15) is 12.9 Å². The summed E-state index contributed by atoms with van der Waals surface area (Å²) in [4.78, 5) is 33.3. The number of nitrogens with zero attached hydrogens (tertiary/aromatic N) is 1. The molecule has 20 heavy (non-hydrogen) atoms. The lowest BCUT2D eigenvalue weighted by molar-refractivity contribution is -0.109. The number of nitrogens with one attached hydrogen (secondary N) is 1. The minimum absolute atomic E-state index is 0.0599. The zero-order valence-electron chi connectivity index (χ0n) is 10.5. The molecule has 4 N–H and O–H groups in total. The van der Waals surface area contributed by atoms with Gasteiger partial charge in [0.05, 0.1) is 6.04 Å². The normalized spacial score (nSPS) is 24.2. The molecule has 1 aliphatic heterocycles. The molecule has 1 aliphatic rings. The first-order valence-electron chi connectivity index (χ1n) is 5.84. The third kappa shape index (κ3) is 3.76. The van der Waals surface area contributed by atoms with Crippen molar-refractivity contribution in [2.45, 2.75) is 24.9 Å². The van der Waals surface area contributed by atoms with Crippen LogP contribution in [0.2, 0.25) is 0 Å². The second kappa shape index (κ2) is 7.58. The Morgan fingerprint density at radius 2 is 2.15 bits per heavy atom. The lowest BCUT2D eigenvalue weighted by Crippen LogP contribution is -2.46. The van der Waals surface area contributed by atoms with Crippen LogP contribution in [0.1, 0.15) is 6.42 Å². The van der Waals surface area contributed by atoms with Crippen LogP contribution in [0.5, 0.6) is 0 Å². The summed E-state index contributed by atoms with van der Waals surface area (Å²) in [6.45, 7) is -0.523. The van der Waals surface area contributed by atoms with Gasteiger partial charge in [-0.25, -0.2) is 4.79 Å². The molecule has 112 valence electrons. The van der Waals surface area contributed by atoms with E-state index in [1.54, 1.807) is 0 Å². The summed E-state index contributed by atoms with van der Waals surface area (Å²) in [5.41, 5.74) is 0. The molecule has 1 saturated heterocycles. The summed E-state index contributed by atoms with van der Waals surface area (Å²) in [7, 11) is 0. The van der Waals surface area contributed by atoms with E-state index in [1.165, 1.54) is 0 Å². The lowest BCUT2D eigenvalue weighted by atomic mass is 10.2. The van der Waals surface area contributed by atoms with Gasteiger partial charge in [-0.2, -0.15) is 0 Å². The van der Waals surface area contributed by atoms with Gasteiger partial charge < -0.3 is 25.4 Å². The average molecular weight is 288 g/mol. The Labute approximate surface area is 114 Å². The maximum absolute atomic E-state index is 11.6. The van der Waals surface area contributed by atoms with E-state index in [4.69, 9.17) is 9.84 Å². The summed E-state index contributed by atoms with van der Waals surface area (Å²) in [5, 5.41) is 30.0. The number of ether oxygens (including phenoxy) is 1. The first-order chi connectivity index (χ1) is 9.54. The van der Waals surface area contributed by atoms with Crippen molar-refractivity contribution >= 4 is 18.6 Å². The third-order valence-electron chi connectivity index (χ3n) is 2.72. The van der Waals surface area contributed by atoms with Crippen molar-refractivity contribution in [3.63, 3.8) is 0 Å². The minimum atomic E-state index is -1.49. The Kier molecular flexibility index (Phi) is 6.10. The topological polar surface area (TPSA) is 136 Å². The summed E-state index contributed by atoms with van der Waals surface area (Å²) < 4.78 is 5.03. The monoisotopic (exact) mass is 288 g/mol. The highest BCUT2D eigenvalue weighted by atomic mass is 16.5. The van der Waals surface area contributed by atoms with Crippen molar-refractivity contribution in [1.29, 1.82) is 0 Å². The Hall–Kier alpha value is -1.97. The first-order valence-corrected chi connectivity index (χ1v) is 5.84. The second-order valence-electron chi connectivity index (χ2n) is 4.02. The number of hydrogen-bond donors (Lipinski definition) is 4. The van der Waals surface area contributed by atoms with E-state index in [0.717, 1.165) is 11.0 Å². The number of carbonyl (C=O) groups is 3. The summed E-state index contributed by atoms with van der Waals surface area (Å²) in [5.74, 6) is -0.238. The molecule has 0 aromatic carbocycles. The van der Waals surface area contributed by atoms with Crippen molar-refractivity contribution in [2.24, 2.45) is 0 Å². The fraction of sp³-hybridized carbons (Fsp3) is 0.545. The van der Waals surface area contributed by atoms with Crippen LogP contribution in [0.3, 0.4) is 0 Å². The summed E-state index contributed by atoms with van der Waals surface area (Å²) in [6.07, 6.45) is -1.29. The number of aldehydes is 2. The zero-order chi connectivity index (χ0) is 15.1. The zero-order valence-corrected chi connectivity index (χ0v) is 10.5. The van der Waals surface area contributed by atoms with E-state index >= 15 is 0 Å². The average Bonchev–Trinajstić information content (AvgIpc) is 2.67. The minimum Gasteiger partial charge on any atom is -0.488 e. The SMILES string of the molecule is O=CC=C(C=O)OCC(CCO)N1C(=O)NC(O)C1O. The Morgan fingerprint density at radius 3 is 2.60 bits per heavy atom. The van der Waals surface area contributed by atoms with Gasteiger partial charge in [0.15, 0.2) is 24.5 Å². The van der Waals surface area contributed by atoms with E-state index < -0.39 is 24.5 Å². The number of amides is 2. The van der Waals surface area contributed by atoms with Gasteiger partial charge in [0.2, 0.25) is 0 Å². The highest BCUT2D eigenvalue weighted by Crippen LogP contribution is 2.17. The molecule has 0 aromatic heterocycles. The van der Waals surface area contributed by atoms with Crippen molar-refractivity contribution in [1.82, 2.24) is 10.2 Å². The van der Waals surface area contributed by atoms with Crippen LogP contribution in [-0.2, 0) is 14.3 Å². The predicted molar refractivity (Wildman–Crippen MR) is 64.0 cm³/mol. The molecule has 0 spiro atoms. The third-order valence-corrected chi connectivity index (χ3v) is 2.72. The number of urea groups is 1. The first kappa shape index (κ1) is 16.1. The van der Waals surface area contributed by atoms with E-state index in [2.05, 4.69) is 5.32 Å². The van der Waals surface area contributed by atoms with Gasteiger partial charge in [-0.1, -0.05) is 0 Å². The van der Waals surface area contributed by atoms with Crippen LogP contribution in [-0.4, -0.2) is 70.5 Å². The molecule has 9 heteroatoms. The number of aliphatic hydroxyl groups excluding tert-OH is 3. The molecule has 3 atom stereocenters. The molecule has 0 radical (unpaired) electrons. The van der Waals surface area contributed by atoms with Gasteiger partial charge >= 0.3 is 6.03 Å². The highest BCUT2D eigenvalue weighted by molar-refractivity contribution is 5.79. The fourth-order valence-corrected chi connectivity index (χ4v) is 1.76. The number of rotatable bonds is 8. The highest BCUT2D eigenvalue weighted by Gasteiger charge is 2.41. The standard InChI is InChI=1S/C11H16N2O7/c14-3-1-7(6-20-8(5-16)2-4-15)13-10(18)9(17)12-11(13)19/h2,4-5,7,9-10,14,17-18H,1,3,6H2,(H,12,19). The predicted octanol–water partition coefficient (Wildman–Crippen LogP) is -2.30. The van der Waals surface area contributed by atoms with Crippen LogP contribution >= 0.6 is 0 Å². The number of allylic oxidation sites excluding steroid dienone is 2. The van der Waals surface area contributed by atoms with Gasteiger partial charge in [-0.05, 0) is 6.42 Å². The van der Waals surface area contributed by atoms with Gasteiger partial charge in [-0.15, -0.1) is 0 Å². The molecular formula is C11H16N2O7. The largest absolute Gasteiger partial charge is 0.488 e. The molecule has 3 unspecified atom stereocenters. The molecule has 0 aromatic rings. The van der Waals surface area contributed by atoms with Crippen LogP contribution in [0.25, 0.3) is 0 Å².